The second-order valence-corrected chi connectivity index (χ2v) is 3.65. The molecule has 94 valence electrons. The van der Waals surface area contributed by atoms with Crippen LogP contribution in [0.4, 0.5) is 11.4 Å². The van der Waals surface area contributed by atoms with Crippen LogP contribution in [0, 0.1) is 0 Å². The highest BCUT2D eigenvalue weighted by molar-refractivity contribution is 5.53. The largest absolute Gasteiger partial charge is 0.497 e. The Bertz CT molecular complexity index is 471. The summed E-state index contributed by atoms with van der Waals surface area (Å²) < 4.78 is 5.11. The molecule has 0 unspecified atom stereocenters. The van der Waals surface area contributed by atoms with Crippen molar-refractivity contribution in [1.82, 2.24) is 0 Å². The van der Waals surface area contributed by atoms with Gasteiger partial charge < -0.3 is 4.74 Å². The Kier molecular flexibility index (Phi) is 4.04. The number of para-hydroxylation sites is 1. The third kappa shape index (κ3) is 2.93. The van der Waals surface area contributed by atoms with Crippen molar-refractivity contribution in [2.45, 2.75) is 0 Å². The van der Waals surface area contributed by atoms with Crippen LogP contribution >= 0.6 is 0 Å². The van der Waals surface area contributed by atoms with Gasteiger partial charge in [-0.05, 0) is 36.4 Å². The minimum atomic E-state index is 0.823. The summed E-state index contributed by atoms with van der Waals surface area (Å²) in [6.07, 6.45) is 0. The molecular formula is C14H16N2O2. The molecule has 18 heavy (non-hydrogen) atoms. The number of hydrogen-bond acceptors (Lipinski definition) is 4. The summed E-state index contributed by atoms with van der Waals surface area (Å²) in [5.74, 6) is 0.823. The number of nitrogens with one attached hydrogen (secondary N) is 1. The van der Waals surface area contributed by atoms with E-state index in [4.69, 9.17) is 9.57 Å². The van der Waals surface area contributed by atoms with Crippen LogP contribution in [0.1, 0.15) is 0 Å². The van der Waals surface area contributed by atoms with E-state index in [2.05, 4.69) is 5.43 Å². The lowest BCUT2D eigenvalue weighted by Gasteiger charge is -2.23. The summed E-state index contributed by atoms with van der Waals surface area (Å²) in [5.41, 5.74) is 5.00. The van der Waals surface area contributed by atoms with Gasteiger partial charge in [-0.25, -0.2) is 0 Å². The first-order chi connectivity index (χ1) is 8.83. The lowest BCUT2D eigenvalue weighted by molar-refractivity contribution is 0.183. The number of anilines is 2. The standard InChI is InChI=1S/C14H16N2O2/c1-17-14-10-8-12(9-11-14)15-16(18-2)13-6-4-3-5-7-13/h3-11,15H,1-2H3. The van der Waals surface area contributed by atoms with Crippen LogP contribution in [-0.2, 0) is 4.84 Å². The van der Waals surface area contributed by atoms with E-state index in [9.17, 15) is 0 Å². The van der Waals surface area contributed by atoms with E-state index in [0.29, 0.717) is 0 Å². The number of rotatable bonds is 5. The Balaban J connectivity index is 2.10. The minimum absolute atomic E-state index is 0.823. The molecule has 2 aromatic rings. The smallest absolute Gasteiger partial charge is 0.119 e. The van der Waals surface area contributed by atoms with Crippen LogP contribution in [0.15, 0.2) is 54.6 Å². The first-order valence-electron chi connectivity index (χ1n) is 5.63. The Labute approximate surface area is 107 Å². The van der Waals surface area contributed by atoms with Crippen LogP contribution < -0.4 is 15.3 Å². The number of hydrogen-bond donors (Lipinski definition) is 1. The molecule has 0 heterocycles. The predicted molar refractivity (Wildman–Crippen MR) is 72.5 cm³/mol. The molecule has 0 saturated heterocycles. The molecule has 0 radical (unpaired) electrons. The van der Waals surface area contributed by atoms with Gasteiger partial charge in [0.1, 0.15) is 5.75 Å². The van der Waals surface area contributed by atoms with E-state index in [-0.39, 0.29) is 0 Å². The van der Waals surface area contributed by atoms with Crippen molar-refractivity contribution in [3.63, 3.8) is 0 Å². The predicted octanol–water partition coefficient (Wildman–Crippen LogP) is 3.09. The van der Waals surface area contributed by atoms with Gasteiger partial charge in [0.05, 0.1) is 25.6 Å². The fourth-order valence-corrected chi connectivity index (χ4v) is 1.56. The second-order valence-electron chi connectivity index (χ2n) is 3.65. The average molecular weight is 244 g/mol. The normalized spacial score (nSPS) is 9.89. The van der Waals surface area contributed by atoms with Gasteiger partial charge in [0, 0.05) is 0 Å². The zero-order valence-corrected chi connectivity index (χ0v) is 10.5. The summed E-state index contributed by atoms with van der Waals surface area (Å²) in [6, 6.07) is 17.4. The van der Waals surface area contributed by atoms with Gasteiger partial charge in [0.25, 0.3) is 0 Å². The highest BCUT2D eigenvalue weighted by Crippen LogP contribution is 2.18. The lowest BCUT2D eigenvalue weighted by Crippen LogP contribution is -2.28. The first kappa shape index (κ1) is 12.3. The topological polar surface area (TPSA) is 33.7 Å². The van der Waals surface area contributed by atoms with E-state index in [1.165, 1.54) is 0 Å². The molecule has 4 heteroatoms. The van der Waals surface area contributed by atoms with Crippen molar-refractivity contribution in [2.24, 2.45) is 0 Å². The monoisotopic (exact) mass is 244 g/mol. The Morgan fingerprint density at radius 2 is 1.56 bits per heavy atom. The second kappa shape index (κ2) is 5.93. The van der Waals surface area contributed by atoms with Crippen molar-refractivity contribution in [3.05, 3.63) is 54.6 Å². The molecule has 2 aromatic carbocycles. The summed E-state index contributed by atoms with van der Waals surface area (Å²) >= 11 is 0. The molecule has 0 aliphatic rings. The molecule has 0 aromatic heterocycles. The molecule has 0 fully saturated rings. The Hall–Kier alpha value is -2.20. The number of ether oxygens (including phenoxy) is 1. The summed E-state index contributed by atoms with van der Waals surface area (Å²) in [7, 11) is 3.26. The molecular weight excluding hydrogens is 228 g/mol. The molecule has 0 atom stereocenters. The number of hydrazine groups is 1. The van der Waals surface area contributed by atoms with E-state index < -0.39 is 0 Å². The van der Waals surface area contributed by atoms with Gasteiger partial charge in [-0.3, -0.25) is 10.3 Å². The Morgan fingerprint density at radius 1 is 0.889 bits per heavy atom. The molecule has 2 rings (SSSR count). The van der Waals surface area contributed by atoms with Gasteiger partial charge in [-0.1, -0.05) is 18.2 Å². The fourth-order valence-electron chi connectivity index (χ4n) is 1.56. The molecule has 0 aliphatic carbocycles. The highest BCUT2D eigenvalue weighted by Gasteiger charge is 2.04. The maximum absolute atomic E-state index is 5.29. The van der Waals surface area contributed by atoms with Gasteiger partial charge in [-0.15, -0.1) is 0 Å². The summed E-state index contributed by atoms with van der Waals surface area (Å²) in [5, 5.41) is 1.60. The van der Waals surface area contributed by atoms with Crippen LogP contribution in [-0.4, -0.2) is 14.2 Å². The maximum Gasteiger partial charge on any atom is 0.119 e. The van der Waals surface area contributed by atoms with Crippen molar-refractivity contribution in [3.8, 4) is 5.75 Å². The number of methoxy groups -OCH3 is 1. The third-order valence-corrected chi connectivity index (χ3v) is 2.49. The zero-order chi connectivity index (χ0) is 12.8. The molecule has 0 amide bonds. The van der Waals surface area contributed by atoms with Crippen molar-refractivity contribution < 1.29 is 9.57 Å². The van der Waals surface area contributed by atoms with Gasteiger partial charge >= 0.3 is 0 Å². The Morgan fingerprint density at radius 3 is 2.11 bits per heavy atom. The van der Waals surface area contributed by atoms with E-state index >= 15 is 0 Å². The van der Waals surface area contributed by atoms with E-state index in [0.717, 1.165) is 17.1 Å². The van der Waals surface area contributed by atoms with Crippen LogP contribution in [0.5, 0.6) is 5.75 Å². The maximum atomic E-state index is 5.29. The van der Waals surface area contributed by atoms with E-state index in [1.807, 2.05) is 54.6 Å². The summed E-state index contributed by atoms with van der Waals surface area (Å²) in [4.78, 5) is 5.29. The van der Waals surface area contributed by atoms with Crippen LogP contribution in [0.25, 0.3) is 0 Å². The van der Waals surface area contributed by atoms with Crippen molar-refractivity contribution in [1.29, 1.82) is 0 Å². The summed E-state index contributed by atoms with van der Waals surface area (Å²) in [6.45, 7) is 0. The minimum Gasteiger partial charge on any atom is -0.497 e. The number of nitrogens with zero attached hydrogens (tertiary/aromatic N) is 1. The van der Waals surface area contributed by atoms with E-state index in [1.54, 1.807) is 19.4 Å². The van der Waals surface area contributed by atoms with Crippen molar-refractivity contribution in [2.75, 3.05) is 24.8 Å². The highest BCUT2D eigenvalue weighted by atomic mass is 16.7. The van der Waals surface area contributed by atoms with Crippen molar-refractivity contribution >= 4 is 11.4 Å². The molecule has 0 bridgehead atoms. The third-order valence-electron chi connectivity index (χ3n) is 2.49. The van der Waals surface area contributed by atoms with Gasteiger partial charge in [-0.2, -0.15) is 5.17 Å². The molecule has 0 spiro atoms. The molecule has 0 aliphatic heterocycles. The van der Waals surface area contributed by atoms with Gasteiger partial charge in [0.15, 0.2) is 0 Å². The van der Waals surface area contributed by atoms with Gasteiger partial charge in [0.2, 0.25) is 0 Å². The lowest BCUT2D eigenvalue weighted by atomic mass is 10.3. The zero-order valence-electron chi connectivity index (χ0n) is 10.5. The van der Waals surface area contributed by atoms with Crippen LogP contribution in [0.3, 0.4) is 0 Å². The SMILES string of the molecule is COc1ccc(NN(OC)c2ccccc2)cc1. The molecule has 1 N–H and O–H groups in total. The first-order valence-corrected chi connectivity index (χ1v) is 5.63. The quantitative estimate of drug-likeness (QED) is 0.819. The molecule has 4 nitrogen and oxygen atoms in total. The fraction of sp³-hybridized carbons (Fsp3) is 0.143. The number of benzene rings is 2. The van der Waals surface area contributed by atoms with Crippen LogP contribution in [0.2, 0.25) is 0 Å². The molecule has 0 saturated carbocycles. The average Bonchev–Trinajstić information content (AvgIpc) is 2.46.